The third-order valence-corrected chi connectivity index (χ3v) is 8.82. The summed E-state index contributed by atoms with van der Waals surface area (Å²) in [4.78, 5) is 19.1. The molecule has 1 amide bonds. The van der Waals surface area contributed by atoms with Gasteiger partial charge < -0.3 is 9.88 Å². The largest absolute Gasteiger partial charge is 0.350 e. The Kier molecular flexibility index (Phi) is 6.84. The van der Waals surface area contributed by atoms with Crippen molar-refractivity contribution in [1.29, 1.82) is 0 Å². The number of aryl methyl sites for hydroxylation is 1. The maximum atomic E-state index is 12.9. The first-order valence-corrected chi connectivity index (χ1v) is 12.9. The minimum Gasteiger partial charge on any atom is -0.350 e. The number of carbonyl (C=O) groups excluding carboxylic acids is 1. The first kappa shape index (κ1) is 23.5. The van der Waals surface area contributed by atoms with Crippen molar-refractivity contribution in [3.05, 3.63) is 46.3 Å². The van der Waals surface area contributed by atoms with Gasteiger partial charge in [0.25, 0.3) is 15.9 Å². The summed E-state index contributed by atoms with van der Waals surface area (Å²) in [6, 6.07) is 4.84. The molecule has 1 aromatic carbocycles. The van der Waals surface area contributed by atoms with Crippen LogP contribution in [0.25, 0.3) is 0 Å². The first-order chi connectivity index (χ1) is 15.2. The molecule has 2 aromatic rings. The highest BCUT2D eigenvalue weighted by molar-refractivity contribution is 7.89. The summed E-state index contributed by atoms with van der Waals surface area (Å²) in [5, 5.41) is 3.94. The predicted molar refractivity (Wildman–Crippen MR) is 124 cm³/mol. The molecule has 0 unspecified atom stereocenters. The number of hydrogen-bond acceptors (Lipinski definition) is 5. The molecule has 1 N–H and O–H groups in total. The zero-order chi connectivity index (χ0) is 22.9. The standard InChI is InChI=1S/C21H27Cl2N5O3S/c1-26-13-19(25-15-26)32(30,31)28-10-8-27(9-11-28)21(6-2-3-7-21)14-24-20(29)17-5-4-16(22)12-18(17)23/h4-5,12-13,15H,2-3,6-11,14H2,1H3,(H,24,29). The summed E-state index contributed by atoms with van der Waals surface area (Å²) in [6.45, 7) is 2.53. The molecule has 2 heterocycles. The van der Waals surface area contributed by atoms with Gasteiger partial charge in [0, 0.05) is 56.5 Å². The quantitative estimate of drug-likeness (QED) is 0.659. The predicted octanol–water partition coefficient (Wildman–Crippen LogP) is 2.78. The van der Waals surface area contributed by atoms with Gasteiger partial charge in [0.1, 0.15) is 0 Å². The lowest BCUT2D eigenvalue weighted by atomic mass is 9.93. The summed E-state index contributed by atoms with van der Waals surface area (Å²) in [5.74, 6) is -0.227. The fourth-order valence-electron chi connectivity index (χ4n) is 4.71. The summed E-state index contributed by atoms with van der Waals surface area (Å²) in [5.41, 5.74) is 0.227. The highest BCUT2D eigenvalue weighted by atomic mass is 35.5. The molecule has 174 valence electrons. The Morgan fingerprint density at radius 3 is 2.44 bits per heavy atom. The molecule has 1 aliphatic heterocycles. The lowest BCUT2D eigenvalue weighted by Crippen LogP contribution is -2.60. The van der Waals surface area contributed by atoms with Crippen LogP contribution in [-0.4, -0.2) is 71.3 Å². The van der Waals surface area contributed by atoms with Crippen molar-refractivity contribution < 1.29 is 13.2 Å². The van der Waals surface area contributed by atoms with Gasteiger partial charge in [-0.3, -0.25) is 9.69 Å². The zero-order valence-corrected chi connectivity index (χ0v) is 20.3. The van der Waals surface area contributed by atoms with Crippen LogP contribution in [0.1, 0.15) is 36.0 Å². The average molecular weight is 500 g/mol. The molecule has 0 spiro atoms. The van der Waals surface area contributed by atoms with E-state index in [9.17, 15) is 13.2 Å². The smallest absolute Gasteiger partial charge is 0.262 e. The Hall–Kier alpha value is -1.65. The van der Waals surface area contributed by atoms with Crippen LogP contribution >= 0.6 is 23.2 Å². The van der Waals surface area contributed by atoms with Crippen LogP contribution in [0, 0.1) is 0 Å². The molecule has 0 atom stereocenters. The van der Waals surface area contributed by atoms with Gasteiger partial charge in [0.15, 0.2) is 5.03 Å². The Bertz CT molecular complexity index is 1090. The number of sulfonamides is 1. The molecule has 4 rings (SSSR count). The molecule has 1 saturated carbocycles. The molecule has 1 saturated heterocycles. The monoisotopic (exact) mass is 499 g/mol. The highest BCUT2D eigenvalue weighted by Gasteiger charge is 2.42. The van der Waals surface area contributed by atoms with Crippen LogP contribution in [0.2, 0.25) is 10.0 Å². The van der Waals surface area contributed by atoms with E-state index in [1.54, 1.807) is 29.8 Å². The fraction of sp³-hybridized carbons (Fsp3) is 0.524. The van der Waals surface area contributed by atoms with Crippen molar-refractivity contribution in [3.8, 4) is 0 Å². The van der Waals surface area contributed by atoms with Gasteiger partial charge in [-0.1, -0.05) is 36.0 Å². The third-order valence-electron chi connectivity index (χ3n) is 6.48. The van der Waals surface area contributed by atoms with Crippen molar-refractivity contribution in [3.63, 3.8) is 0 Å². The van der Waals surface area contributed by atoms with E-state index >= 15 is 0 Å². The van der Waals surface area contributed by atoms with E-state index < -0.39 is 10.0 Å². The molecule has 2 aliphatic rings. The van der Waals surface area contributed by atoms with Crippen molar-refractivity contribution in [2.24, 2.45) is 7.05 Å². The number of nitrogens with one attached hydrogen (secondary N) is 1. The van der Waals surface area contributed by atoms with Crippen molar-refractivity contribution in [2.45, 2.75) is 36.2 Å². The normalized spacial score (nSPS) is 19.8. The Balaban J connectivity index is 1.41. The number of carbonyl (C=O) groups is 1. The van der Waals surface area contributed by atoms with Crippen LogP contribution in [-0.2, 0) is 17.1 Å². The molecule has 0 radical (unpaired) electrons. The van der Waals surface area contributed by atoms with Gasteiger partial charge in [-0.15, -0.1) is 0 Å². The Morgan fingerprint density at radius 1 is 1.16 bits per heavy atom. The molecular formula is C21H27Cl2N5O3S. The van der Waals surface area contributed by atoms with Gasteiger partial charge in [-0.05, 0) is 31.0 Å². The Labute approximate surface area is 198 Å². The minimum atomic E-state index is -3.60. The molecule has 0 bridgehead atoms. The number of aromatic nitrogens is 2. The summed E-state index contributed by atoms with van der Waals surface area (Å²) in [6.07, 6.45) is 7.13. The topological polar surface area (TPSA) is 87.5 Å². The van der Waals surface area contributed by atoms with E-state index in [1.807, 2.05) is 0 Å². The maximum absolute atomic E-state index is 12.9. The van der Waals surface area contributed by atoms with Crippen molar-refractivity contribution >= 4 is 39.1 Å². The number of hydrogen-bond donors (Lipinski definition) is 1. The number of benzene rings is 1. The molecular weight excluding hydrogens is 473 g/mol. The van der Waals surface area contributed by atoms with Crippen LogP contribution in [0.5, 0.6) is 0 Å². The van der Waals surface area contributed by atoms with Gasteiger partial charge in [0.2, 0.25) is 0 Å². The van der Waals surface area contributed by atoms with Crippen LogP contribution in [0.4, 0.5) is 0 Å². The van der Waals surface area contributed by atoms with Crippen LogP contribution < -0.4 is 5.32 Å². The summed E-state index contributed by atoms with van der Waals surface area (Å²) < 4.78 is 28.9. The van der Waals surface area contributed by atoms with E-state index in [0.29, 0.717) is 48.3 Å². The van der Waals surface area contributed by atoms with E-state index in [1.165, 1.54) is 16.8 Å². The second-order valence-corrected chi connectivity index (χ2v) is 11.2. The minimum absolute atomic E-state index is 0.0798. The van der Waals surface area contributed by atoms with Gasteiger partial charge in [-0.25, -0.2) is 13.4 Å². The van der Waals surface area contributed by atoms with Crippen molar-refractivity contribution in [2.75, 3.05) is 32.7 Å². The SMILES string of the molecule is Cn1cnc(S(=O)(=O)N2CCN(C3(CNC(=O)c4ccc(Cl)cc4Cl)CCCC3)CC2)c1. The third kappa shape index (κ3) is 4.68. The number of imidazole rings is 1. The van der Waals surface area contributed by atoms with Crippen molar-refractivity contribution in [1.82, 2.24) is 24.1 Å². The summed E-state index contributed by atoms with van der Waals surface area (Å²) in [7, 11) is -1.85. The lowest BCUT2D eigenvalue weighted by Gasteiger charge is -2.45. The zero-order valence-electron chi connectivity index (χ0n) is 17.9. The van der Waals surface area contributed by atoms with Crippen LogP contribution in [0.15, 0.2) is 35.7 Å². The molecule has 1 aliphatic carbocycles. The summed E-state index contributed by atoms with van der Waals surface area (Å²) >= 11 is 12.1. The first-order valence-electron chi connectivity index (χ1n) is 10.7. The van der Waals surface area contributed by atoms with E-state index in [-0.39, 0.29) is 16.5 Å². The average Bonchev–Trinajstić information content (AvgIpc) is 3.42. The second-order valence-electron chi connectivity index (χ2n) is 8.51. The number of amides is 1. The number of piperazine rings is 1. The fourth-order valence-corrected chi connectivity index (χ4v) is 6.59. The molecule has 8 nitrogen and oxygen atoms in total. The van der Waals surface area contributed by atoms with Gasteiger partial charge in [0.05, 0.1) is 16.9 Å². The lowest BCUT2D eigenvalue weighted by molar-refractivity contribution is 0.0539. The highest BCUT2D eigenvalue weighted by Crippen LogP contribution is 2.36. The molecule has 2 fully saturated rings. The second kappa shape index (κ2) is 9.30. The van der Waals surface area contributed by atoms with E-state index in [2.05, 4.69) is 15.2 Å². The van der Waals surface area contributed by atoms with E-state index in [4.69, 9.17) is 23.2 Å². The van der Waals surface area contributed by atoms with E-state index in [0.717, 1.165) is 25.7 Å². The molecule has 11 heteroatoms. The number of rotatable bonds is 6. The molecule has 32 heavy (non-hydrogen) atoms. The number of halogens is 2. The van der Waals surface area contributed by atoms with Crippen LogP contribution in [0.3, 0.4) is 0 Å². The number of nitrogens with zero attached hydrogens (tertiary/aromatic N) is 4. The maximum Gasteiger partial charge on any atom is 0.262 e. The Morgan fingerprint density at radius 2 is 1.84 bits per heavy atom. The molecule has 1 aromatic heterocycles. The van der Waals surface area contributed by atoms with Gasteiger partial charge in [-0.2, -0.15) is 4.31 Å². The van der Waals surface area contributed by atoms with Gasteiger partial charge >= 0.3 is 0 Å².